The highest BCUT2D eigenvalue weighted by Gasteiger charge is 2.66. The Morgan fingerprint density at radius 2 is 2.04 bits per heavy atom. The third kappa shape index (κ3) is 2.39. The fraction of sp³-hybridized carbons (Fsp3) is 0.632. The largest absolute Gasteiger partial charge is 0.377 e. The molecule has 1 saturated heterocycles. The van der Waals surface area contributed by atoms with Crippen LogP contribution in [0.15, 0.2) is 24.3 Å². The first-order valence-corrected chi connectivity index (χ1v) is 8.85. The summed E-state index contributed by atoms with van der Waals surface area (Å²) < 4.78 is 6.00. The lowest BCUT2D eigenvalue weighted by Gasteiger charge is -2.64. The van der Waals surface area contributed by atoms with E-state index in [-0.39, 0.29) is 5.91 Å². The number of fused-ring (bicyclic) bond motifs is 2. The molecule has 3 fully saturated rings. The van der Waals surface area contributed by atoms with Gasteiger partial charge in [0.1, 0.15) is 0 Å². The lowest BCUT2D eigenvalue weighted by atomic mass is 9.46. The third-order valence-corrected chi connectivity index (χ3v) is 6.20. The number of hydrogen-bond acceptors (Lipinski definition) is 3. The fourth-order valence-corrected chi connectivity index (χ4v) is 4.92. The molecule has 3 aliphatic rings. The maximum atomic E-state index is 11.1. The minimum Gasteiger partial charge on any atom is -0.377 e. The van der Waals surface area contributed by atoms with Gasteiger partial charge in [-0.15, -0.1) is 0 Å². The molecule has 23 heavy (non-hydrogen) atoms. The quantitative estimate of drug-likeness (QED) is 0.897. The van der Waals surface area contributed by atoms with E-state index in [0.29, 0.717) is 29.5 Å². The molecule has 1 amide bonds. The van der Waals surface area contributed by atoms with Gasteiger partial charge < -0.3 is 15.4 Å². The molecular formula is C19H26N2O2. The van der Waals surface area contributed by atoms with Crippen molar-refractivity contribution in [2.75, 3.05) is 11.9 Å². The predicted octanol–water partition coefficient (Wildman–Crippen LogP) is 3.25. The number of rotatable bonds is 4. The number of ether oxygens (including phenoxy) is 1. The number of benzene rings is 1. The fourth-order valence-electron chi connectivity index (χ4n) is 4.92. The van der Waals surface area contributed by atoms with Gasteiger partial charge in [0.15, 0.2) is 0 Å². The van der Waals surface area contributed by atoms with Gasteiger partial charge in [-0.3, -0.25) is 4.79 Å². The molecule has 0 radical (unpaired) electrons. The Hall–Kier alpha value is -1.39. The van der Waals surface area contributed by atoms with E-state index < -0.39 is 0 Å². The van der Waals surface area contributed by atoms with Crippen LogP contribution in [-0.4, -0.2) is 24.7 Å². The summed E-state index contributed by atoms with van der Waals surface area (Å²) in [5.41, 5.74) is 2.55. The lowest BCUT2D eigenvalue weighted by Crippen LogP contribution is -2.71. The van der Waals surface area contributed by atoms with Crippen LogP contribution in [0, 0.1) is 11.3 Å². The minimum atomic E-state index is -0.0300. The molecule has 2 aliphatic carbocycles. The molecule has 1 heterocycles. The third-order valence-electron chi connectivity index (χ3n) is 6.20. The van der Waals surface area contributed by atoms with E-state index in [0.717, 1.165) is 12.3 Å². The van der Waals surface area contributed by atoms with Gasteiger partial charge in [-0.05, 0) is 43.9 Å². The summed E-state index contributed by atoms with van der Waals surface area (Å²) in [5.74, 6) is 0.675. The zero-order valence-electron chi connectivity index (χ0n) is 14.0. The van der Waals surface area contributed by atoms with Crippen LogP contribution in [0.25, 0.3) is 0 Å². The van der Waals surface area contributed by atoms with E-state index in [9.17, 15) is 4.79 Å². The second-order valence-electron chi connectivity index (χ2n) is 7.50. The summed E-state index contributed by atoms with van der Waals surface area (Å²) >= 11 is 0. The van der Waals surface area contributed by atoms with Crippen LogP contribution < -0.4 is 10.6 Å². The highest BCUT2D eigenvalue weighted by Crippen LogP contribution is 2.63. The van der Waals surface area contributed by atoms with Gasteiger partial charge in [0, 0.05) is 42.6 Å². The van der Waals surface area contributed by atoms with E-state index >= 15 is 0 Å². The first-order valence-electron chi connectivity index (χ1n) is 8.85. The van der Waals surface area contributed by atoms with Crippen LogP contribution in [0.5, 0.6) is 0 Å². The summed E-state index contributed by atoms with van der Waals surface area (Å²) in [6.07, 6.45) is 5.71. The van der Waals surface area contributed by atoms with Gasteiger partial charge in [0.05, 0.1) is 6.10 Å². The van der Waals surface area contributed by atoms with Gasteiger partial charge in [0.25, 0.3) is 0 Å². The maximum Gasteiger partial charge on any atom is 0.221 e. The summed E-state index contributed by atoms with van der Waals surface area (Å²) in [7, 11) is 0. The molecular weight excluding hydrogens is 288 g/mol. The first kappa shape index (κ1) is 15.2. The molecule has 0 bridgehead atoms. The molecule has 4 rings (SSSR count). The van der Waals surface area contributed by atoms with Crippen LogP contribution in [-0.2, 0) is 9.53 Å². The van der Waals surface area contributed by atoms with Gasteiger partial charge >= 0.3 is 0 Å². The number of carbonyl (C=O) groups is 1. The minimum absolute atomic E-state index is 0.0300. The average Bonchev–Trinajstić information content (AvgIpc) is 2.88. The Labute approximate surface area is 138 Å². The van der Waals surface area contributed by atoms with Crippen molar-refractivity contribution < 1.29 is 9.53 Å². The van der Waals surface area contributed by atoms with Gasteiger partial charge in [0.2, 0.25) is 5.91 Å². The van der Waals surface area contributed by atoms with Crippen LogP contribution in [0.2, 0.25) is 0 Å². The molecule has 4 atom stereocenters. The Morgan fingerprint density at radius 3 is 2.65 bits per heavy atom. The molecule has 2 N–H and O–H groups in total. The molecule has 1 aromatic carbocycles. The Morgan fingerprint density at radius 1 is 1.30 bits per heavy atom. The van der Waals surface area contributed by atoms with Crippen molar-refractivity contribution in [3.63, 3.8) is 0 Å². The van der Waals surface area contributed by atoms with Crippen molar-refractivity contribution >= 4 is 11.6 Å². The highest BCUT2D eigenvalue weighted by atomic mass is 16.5. The summed E-state index contributed by atoms with van der Waals surface area (Å²) in [5, 5.41) is 6.71. The molecule has 124 valence electrons. The van der Waals surface area contributed by atoms with Crippen LogP contribution in [0.1, 0.15) is 51.1 Å². The number of anilines is 1. The number of amides is 1. The average molecular weight is 314 g/mol. The topological polar surface area (TPSA) is 50.4 Å². The molecule has 0 aromatic heterocycles. The number of hydrogen-bond donors (Lipinski definition) is 2. The highest BCUT2D eigenvalue weighted by molar-refractivity contribution is 5.88. The predicted molar refractivity (Wildman–Crippen MR) is 90.2 cm³/mol. The monoisotopic (exact) mass is 314 g/mol. The van der Waals surface area contributed by atoms with E-state index in [1.54, 1.807) is 0 Å². The van der Waals surface area contributed by atoms with Crippen molar-refractivity contribution in [3.05, 3.63) is 29.8 Å². The van der Waals surface area contributed by atoms with Crippen molar-refractivity contribution in [1.29, 1.82) is 0 Å². The molecule has 4 nitrogen and oxygen atoms in total. The summed E-state index contributed by atoms with van der Waals surface area (Å²) in [4.78, 5) is 11.1. The Bertz CT molecular complexity index is 594. The lowest BCUT2D eigenvalue weighted by molar-refractivity contribution is -0.178. The van der Waals surface area contributed by atoms with Gasteiger partial charge in [-0.2, -0.15) is 0 Å². The number of nitrogens with one attached hydrogen (secondary N) is 2. The van der Waals surface area contributed by atoms with Crippen molar-refractivity contribution in [2.45, 2.75) is 57.7 Å². The second-order valence-corrected chi connectivity index (χ2v) is 7.50. The van der Waals surface area contributed by atoms with Gasteiger partial charge in [-0.25, -0.2) is 0 Å². The summed E-state index contributed by atoms with van der Waals surface area (Å²) in [6, 6.07) is 9.11. The first-order chi connectivity index (χ1) is 11.1. The van der Waals surface area contributed by atoms with E-state index in [1.807, 2.05) is 12.1 Å². The molecule has 4 heteroatoms. The smallest absolute Gasteiger partial charge is 0.221 e. The summed E-state index contributed by atoms with van der Waals surface area (Å²) in [6.45, 7) is 4.71. The van der Waals surface area contributed by atoms with Crippen molar-refractivity contribution in [3.8, 4) is 0 Å². The van der Waals surface area contributed by atoms with Crippen LogP contribution >= 0.6 is 0 Å². The zero-order valence-corrected chi connectivity index (χ0v) is 14.0. The maximum absolute atomic E-state index is 11.1. The Balaban J connectivity index is 1.43. The van der Waals surface area contributed by atoms with Crippen LogP contribution in [0.4, 0.5) is 5.69 Å². The standard InChI is InChI=1S/C19H26N2O2/c1-12(14-4-6-15(7-5-14)21-13(2)22)20-17-16-8-11-23-18(16)19(17)9-3-10-19/h4-7,12,16-18,20H,3,8-11H2,1-2H3,(H,21,22)/t12-,16-,17+,18+/m0/s1. The van der Waals surface area contributed by atoms with E-state index in [2.05, 4.69) is 29.7 Å². The van der Waals surface area contributed by atoms with Crippen molar-refractivity contribution in [2.24, 2.45) is 11.3 Å². The van der Waals surface area contributed by atoms with E-state index in [1.165, 1.54) is 38.2 Å². The normalized spacial score (nSPS) is 31.8. The second kappa shape index (κ2) is 5.60. The van der Waals surface area contributed by atoms with E-state index in [4.69, 9.17) is 4.74 Å². The zero-order chi connectivity index (χ0) is 16.0. The molecule has 1 aromatic rings. The molecule has 1 spiro atoms. The Kier molecular flexibility index (Phi) is 3.69. The van der Waals surface area contributed by atoms with Gasteiger partial charge in [-0.1, -0.05) is 18.6 Å². The van der Waals surface area contributed by atoms with Crippen molar-refractivity contribution in [1.82, 2.24) is 5.32 Å². The van der Waals surface area contributed by atoms with Crippen LogP contribution in [0.3, 0.4) is 0 Å². The number of carbonyl (C=O) groups excluding carboxylic acids is 1. The SMILES string of the molecule is CC(=O)Nc1ccc([C@H](C)N[C@@H]2[C@@H]3CCO[C@H]3C23CCC3)cc1. The molecule has 0 unspecified atom stereocenters. The molecule has 1 aliphatic heterocycles. The molecule has 2 saturated carbocycles.